The number of fused-ring (bicyclic) bond motifs is 1. The van der Waals surface area contributed by atoms with Gasteiger partial charge in [-0.1, -0.05) is 25.1 Å². The van der Waals surface area contributed by atoms with Crippen LogP contribution in [0.5, 0.6) is 0 Å². The molecule has 0 aliphatic rings. The first-order valence-electron chi connectivity index (χ1n) is 8.30. The molecule has 0 aliphatic heterocycles. The average molecular weight is 335 g/mol. The van der Waals surface area contributed by atoms with Gasteiger partial charge in [0, 0.05) is 43.9 Å². The summed E-state index contributed by atoms with van der Waals surface area (Å²) in [5.74, 6) is 1.05. The minimum Gasteiger partial charge on any atom is -0.461 e. The number of hydrogen-bond acceptors (Lipinski definition) is 2. The van der Waals surface area contributed by atoms with Crippen LogP contribution in [0, 0.1) is 0 Å². The van der Waals surface area contributed by atoms with Crippen LogP contribution in [0.2, 0.25) is 0 Å². The maximum absolute atomic E-state index is 5.96. The summed E-state index contributed by atoms with van der Waals surface area (Å²) in [5, 5.41) is 5.34. The number of thiocarbonyl (C=S) groups is 1. The molecule has 23 heavy (non-hydrogen) atoms. The quantitative estimate of drug-likeness (QED) is 0.598. The van der Waals surface area contributed by atoms with Gasteiger partial charge in [-0.3, -0.25) is 0 Å². The molecular formula is C18H28N3OS+. The van der Waals surface area contributed by atoms with Gasteiger partial charge >= 0.3 is 0 Å². The number of furan rings is 1. The SMILES string of the molecule is CCc1oc2ccccc2c1CN(C)C(=S)NCCC[NH+](C)C. The summed E-state index contributed by atoms with van der Waals surface area (Å²) in [7, 11) is 6.37. The van der Waals surface area contributed by atoms with E-state index in [1.807, 2.05) is 19.2 Å². The number of benzene rings is 1. The van der Waals surface area contributed by atoms with Crippen molar-refractivity contribution in [2.24, 2.45) is 0 Å². The highest BCUT2D eigenvalue weighted by molar-refractivity contribution is 7.80. The summed E-state index contributed by atoms with van der Waals surface area (Å²) in [4.78, 5) is 3.55. The van der Waals surface area contributed by atoms with Crippen molar-refractivity contribution in [2.45, 2.75) is 26.3 Å². The number of nitrogens with zero attached hydrogens (tertiary/aromatic N) is 1. The molecule has 0 radical (unpaired) electrons. The smallest absolute Gasteiger partial charge is 0.168 e. The fraction of sp³-hybridized carbons (Fsp3) is 0.500. The second kappa shape index (κ2) is 8.31. The molecule has 0 saturated heterocycles. The number of hydrogen-bond donors (Lipinski definition) is 2. The van der Waals surface area contributed by atoms with E-state index in [1.54, 1.807) is 0 Å². The summed E-state index contributed by atoms with van der Waals surface area (Å²) in [6.07, 6.45) is 2.01. The van der Waals surface area contributed by atoms with Crippen LogP contribution in [0.3, 0.4) is 0 Å². The third-order valence-corrected chi connectivity index (χ3v) is 4.43. The topological polar surface area (TPSA) is 32.9 Å². The summed E-state index contributed by atoms with van der Waals surface area (Å²) < 4.78 is 5.96. The normalized spacial score (nSPS) is 11.2. The van der Waals surface area contributed by atoms with E-state index in [4.69, 9.17) is 16.6 Å². The van der Waals surface area contributed by atoms with Crippen LogP contribution in [0.25, 0.3) is 11.0 Å². The Hall–Kier alpha value is -1.59. The van der Waals surface area contributed by atoms with Gasteiger partial charge in [0.25, 0.3) is 0 Å². The van der Waals surface area contributed by atoms with Crippen molar-refractivity contribution in [2.75, 3.05) is 34.2 Å². The molecule has 126 valence electrons. The van der Waals surface area contributed by atoms with Crippen molar-refractivity contribution < 1.29 is 9.32 Å². The van der Waals surface area contributed by atoms with Gasteiger partial charge in [0.15, 0.2) is 5.11 Å². The molecule has 0 saturated carbocycles. The predicted molar refractivity (Wildman–Crippen MR) is 100.0 cm³/mol. The number of nitrogens with one attached hydrogen (secondary N) is 2. The van der Waals surface area contributed by atoms with Gasteiger partial charge in [-0.15, -0.1) is 0 Å². The molecule has 0 fully saturated rings. The molecule has 0 amide bonds. The van der Waals surface area contributed by atoms with E-state index < -0.39 is 0 Å². The first kappa shape index (κ1) is 17.8. The van der Waals surface area contributed by atoms with Crippen molar-refractivity contribution in [3.8, 4) is 0 Å². The maximum atomic E-state index is 5.96. The van der Waals surface area contributed by atoms with Crippen molar-refractivity contribution >= 4 is 28.3 Å². The Bertz CT molecular complexity index is 651. The first-order chi connectivity index (χ1) is 11.0. The van der Waals surface area contributed by atoms with Gasteiger partial charge in [-0.2, -0.15) is 0 Å². The zero-order valence-electron chi connectivity index (χ0n) is 14.6. The summed E-state index contributed by atoms with van der Waals surface area (Å²) in [6.45, 7) is 4.96. The van der Waals surface area contributed by atoms with Crippen LogP contribution in [0.15, 0.2) is 28.7 Å². The maximum Gasteiger partial charge on any atom is 0.168 e. The van der Waals surface area contributed by atoms with Gasteiger partial charge in [-0.05, 0) is 18.3 Å². The number of rotatable bonds is 7. The summed E-state index contributed by atoms with van der Waals surface area (Å²) in [6, 6.07) is 8.22. The lowest BCUT2D eigenvalue weighted by Gasteiger charge is -2.21. The second-order valence-electron chi connectivity index (χ2n) is 6.25. The van der Waals surface area contributed by atoms with Crippen molar-refractivity contribution in [1.29, 1.82) is 0 Å². The van der Waals surface area contributed by atoms with Gasteiger partial charge < -0.3 is 19.5 Å². The Morgan fingerprint density at radius 1 is 1.30 bits per heavy atom. The van der Waals surface area contributed by atoms with Crippen molar-refractivity contribution in [3.05, 3.63) is 35.6 Å². The third-order valence-electron chi connectivity index (χ3n) is 3.97. The zero-order chi connectivity index (χ0) is 16.8. The molecule has 0 unspecified atom stereocenters. The van der Waals surface area contributed by atoms with Crippen LogP contribution in [-0.2, 0) is 13.0 Å². The molecule has 4 nitrogen and oxygen atoms in total. The predicted octanol–water partition coefficient (Wildman–Crippen LogP) is 1.84. The lowest BCUT2D eigenvalue weighted by molar-refractivity contribution is -0.858. The zero-order valence-corrected chi connectivity index (χ0v) is 15.4. The Labute approximate surface area is 144 Å². The van der Waals surface area contributed by atoms with Crippen LogP contribution in [-0.4, -0.2) is 44.2 Å². The molecule has 0 spiro atoms. The lowest BCUT2D eigenvalue weighted by atomic mass is 10.1. The minimum absolute atomic E-state index is 0.769. The van der Waals surface area contributed by atoms with Crippen LogP contribution < -0.4 is 10.2 Å². The highest BCUT2D eigenvalue weighted by atomic mass is 32.1. The van der Waals surface area contributed by atoms with E-state index in [0.29, 0.717) is 0 Å². The van der Waals surface area contributed by atoms with Crippen molar-refractivity contribution in [1.82, 2.24) is 10.2 Å². The molecule has 1 aromatic carbocycles. The fourth-order valence-corrected chi connectivity index (χ4v) is 2.86. The van der Waals surface area contributed by atoms with Gasteiger partial charge in [0.2, 0.25) is 0 Å². The van der Waals surface area contributed by atoms with E-state index in [2.05, 4.69) is 43.4 Å². The fourth-order valence-electron chi connectivity index (χ4n) is 2.69. The van der Waals surface area contributed by atoms with Crippen molar-refractivity contribution in [3.63, 3.8) is 0 Å². The van der Waals surface area contributed by atoms with Crippen LogP contribution in [0.4, 0.5) is 0 Å². The largest absolute Gasteiger partial charge is 0.461 e. The lowest BCUT2D eigenvalue weighted by Crippen LogP contribution is -3.05. The molecule has 2 rings (SSSR count). The Balaban J connectivity index is 1.99. The molecule has 2 N–H and O–H groups in total. The first-order valence-corrected chi connectivity index (χ1v) is 8.71. The van der Waals surface area contributed by atoms with E-state index in [9.17, 15) is 0 Å². The van der Waals surface area contributed by atoms with Gasteiger partial charge in [-0.25, -0.2) is 0 Å². The molecule has 1 heterocycles. The second-order valence-corrected chi connectivity index (χ2v) is 6.64. The Morgan fingerprint density at radius 2 is 2.04 bits per heavy atom. The van der Waals surface area contributed by atoms with E-state index >= 15 is 0 Å². The summed E-state index contributed by atoms with van der Waals surface area (Å²) in [5.41, 5.74) is 2.20. The van der Waals surface area contributed by atoms with Gasteiger partial charge in [0.1, 0.15) is 11.3 Å². The van der Waals surface area contributed by atoms with E-state index in [0.717, 1.165) is 48.9 Å². The summed E-state index contributed by atoms with van der Waals surface area (Å²) >= 11 is 5.51. The van der Waals surface area contributed by atoms with Crippen LogP contribution in [0.1, 0.15) is 24.7 Å². The van der Waals surface area contributed by atoms with Gasteiger partial charge in [0.05, 0.1) is 20.6 Å². The number of aryl methyl sites for hydroxylation is 1. The highest BCUT2D eigenvalue weighted by Gasteiger charge is 2.15. The standard InChI is InChI=1S/C18H27N3OS/c1-5-16-15(14-9-6-7-10-17(14)22-16)13-21(4)18(23)19-11-8-12-20(2)3/h6-7,9-10H,5,8,11-13H2,1-4H3,(H,19,23)/p+1. The highest BCUT2D eigenvalue weighted by Crippen LogP contribution is 2.27. The molecule has 5 heteroatoms. The molecule has 0 bridgehead atoms. The molecule has 0 aliphatic carbocycles. The minimum atomic E-state index is 0.769. The van der Waals surface area contributed by atoms with Crippen LogP contribution >= 0.6 is 12.2 Å². The monoisotopic (exact) mass is 334 g/mol. The third kappa shape index (κ3) is 4.69. The Morgan fingerprint density at radius 3 is 2.74 bits per heavy atom. The Kier molecular flexibility index (Phi) is 6.42. The molecular weight excluding hydrogens is 306 g/mol. The van der Waals surface area contributed by atoms with E-state index in [-0.39, 0.29) is 0 Å². The number of quaternary nitrogens is 1. The molecule has 1 aromatic heterocycles. The molecule has 2 aromatic rings. The average Bonchev–Trinajstić information content (AvgIpc) is 2.89. The molecule has 0 atom stereocenters. The van der Waals surface area contributed by atoms with E-state index in [1.165, 1.54) is 15.8 Å². The number of para-hydroxylation sites is 1.